The van der Waals surface area contributed by atoms with Crippen LogP contribution in [0.4, 0.5) is 0 Å². The molecular formula is C20H19ClN4O. The number of aryl methyl sites for hydroxylation is 1. The van der Waals surface area contributed by atoms with E-state index in [0.29, 0.717) is 18.8 Å². The Morgan fingerprint density at radius 2 is 2.15 bits per heavy atom. The Balaban J connectivity index is 1.64. The minimum Gasteiger partial charge on any atom is -0.306 e. The van der Waals surface area contributed by atoms with Crippen molar-refractivity contribution in [3.05, 3.63) is 80.5 Å². The lowest BCUT2D eigenvalue weighted by atomic mass is 10.0. The highest BCUT2D eigenvalue weighted by Crippen LogP contribution is 2.24. The lowest BCUT2D eigenvalue weighted by molar-refractivity contribution is 0.240. The van der Waals surface area contributed by atoms with Gasteiger partial charge >= 0.3 is 0 Å². The second-order valence-corrected chi connectivity index (χ2v) is 6.98. The summed E-state index contributed by atoms with van der Waals surface area (Å²) in [7, 11) is 0. The van der Waals surface area contributed by atoms with Gasteiger partial charge in [0, 0.05) is 48.2 Å². The SMILES string of the molecule is Cc1cccc(Cl)c1CN1CCc2c(nc(-c3cccnc3)[nH]c2=O)C1. The van der Waals surface area contributed by atoms with Crippen molar-refractivity contribution in [1.82, 2.24) is 19.9 Å². The zero-order valence-corrected chi connectivity index (χ0v) is 15.3. The van der Waals surface area contributed by atoms with Crippen LogP contribution in [0.3, 0.4) is 0 Å². The molecule has 0 radical (unpaired) electrons. The molecule has 5 nitrogen and oxygen atoms in total. The van der Waals surface area contributed by atoms with Gasteiger partial charge in [-0.2, -0.15) is 0 Å². The topological polar surface area (TPSA) is 61.9 Å². The summed E-state index contributed by atoms with van der Waals surface area (Å²) < 4.78 is 0. The van der Waals surface area contributed by atoms with E-state index in [0.717, 1.165) is 40.5 Å². The Kier molecular flexibility index (Phi) is 4.57. The van der Waals surface area contributed by atoms with Gasteiger partial charge in [-0.1, -0.05) is 23.7 Å². The highest BCUT2D eigenvalue weighted by Gasteiger charge is 2.22. The molecular weight excluding hydrogens is 348 g/mol. The second kappa shape index (κ2) is 7.02. The first-order valence-electron chi connectivity index (χ1n) is 8.60. The molecule has 0 unspecified atom stereocenters. The van der Waals surface area contributed by atoms with Crippen LogP contribution in [0, 0.1) is 6.92 Å². The van der Waals surface area contributed by atoms with Gasteiger partial charge in [0.1, 0.15) is 5.82 Å². The number of aromatic amines is 1. The van der Waals surface area contributed by atoms with Crippen molar-refractivity contribution < 1.29 is 0 Å². The predicted octanol–water partition coefficient (Wildman–Crippen LogP) is 3.35. The zero-order chi connectivity index (χ0) is 18.1. The largest absolute Gasteiger partial charge is 0.306 e. The number of halogens is 1. The number of fused-ring (bicyclic) bond motifs is 1. The minimum atomic E-state index is -0.0533. The van der Waals surface area contributed by atoms with Gasteiger partial charge in [-0.05, 0) is 42.7 Å². The Labute approximate surface area is 156 Å². The van der Waals surface area contributed by atoms with Crippen LogP contribution in [0.2, 0.25) is 5.02 Å². The number of nitrogens with zero attached hydrogens (tertiary/aromatic N) is 3. The number of nitrogens with one attached hydrogen (secondary N) is 1. The first-order chi connectivity index (χ1) is 12.6. The number of hydrogen-bond donors (Lipinski definition) is 1. The number of pyridine rings is 1. The minimum absolute atomic E-state index is 0.0533. The van der Waals surface area contributed by atoms with Crippen molar-refractivity contribution in [3.8, 4) is 11.4 Å². The molecule has 3 aromatic rings. The summed E-state index contributed by atoms with van der Waals surface area (Å²) in [5, 5.41) is 0.783. The van der Waals surface area contributed by atoms with E-state index < -0.39 is 0 Å². The third-order valence-corrected chi connectivity index (χ3v) is 5.18. The van der Waals surface area contributed by atoms with Gasteiger partial charge in [0.25, 0.3) is 5.56 Å². The molecule has 26 heavy (non-hydrogen) atoms. The van der Waals surface area contributed by atoms with E-state index in [9.17, 15) is 4.79 Å². The quantitative estimate of drug-likeness (QED) is 0.772. The molecule has 4 rings (SSSR count). The van der Waals surface area contributed by atoms with Gasteiger partial charge in [-0.15, -0.1) is 0 Å². The molecule has 0 fully saturated rings. The van der Waals surface area contributed by atoms with Crippen LogP contribution in [0.15, 0.2) is 47.5 Å². The van der Waals surface area contributed by atoms with Crippen LogP contribution in [0.5, 0.6) is 0 Å². The summed E-state index contributed by atoms with van der Waals surface area (Å²) in [6, 6.07) is 9.69. The molecule has 1 aliphatic heterocycles. The number of H-pyrrole nitrogens is 1. The van der Waals surface area contributed by atoms with Gasteiger partial charge in [-0.25, -0.2) is 4.98 Å². The van der Waals surface area contributed by atoms with Crippen molar-refractivity contribution in [2.24, 2.45) is 0 Å². The molecule has 0 saturated heterocycles. The van der Waals surface area contributed by atoms with E-state index in [4.69, 9.17) is 16.6 Å². The molecule has 0 spiro atoms. The monoisotopic (exact) mass is 366 g/mol. The molecule has 0 bridgehead atoms. The van der Waals surface area contributed by atoms with Gasteiger partial charge in [0.15, 0.2) is 0 Å². The summed E-state index contributed by atoms with van der Waals surface area (Å²) >= 11 is 6.38. The lowest BCUT2D eigenvalue weighted by Crippen LogP contribution is -2.35. The van der Waals surface area contributed by atoms with Crippen LogP contribution in [0.1, 0.15) is 22.4 Å². The molecule has 0 amide bonds. The number of rotatable bonds is 3. The summed E-state index contributed by atoms with van der Waals surface area (Å²) in [5.74, 6) is 0.567. The Morgan fingerprint density at radius 3 is 2.92 bits per heavy atom. The molecule has 0 aliphatic carbocycles. The number of aromatic nitrogens is 3. The predicted molar refractivity (Wildman–Crippen MR) is 102 cm³/mol. The van der Waals surface area contributed by atoms with E-state index in [1.165, 1.54) is 5.56 Å². The molecule has 132 valence electrons. The number of benzene rings is 1. The maximum Gasteiger partial charge on any atom is 0.254 e. The third-order valence-electron chi connectivity index (χ3n) is 4.82. The first kappa shape index (κ1) is 16.9. The van der Waals surface area contributed by atoms with Crippen LogP contribution >= 0.6 is 11.6 Å². The van der Waals surface area contributed by atoms with Crippen molar-refractivity contribution in [2.75, 3.05) is 6.54 Å². The first-order valence-corrected chi connectivity index (χ1v) is 8.98. The fraction of sp³-hybridized carbons (Fsp3) is 0.250. The van der Waals surface area contributed by atoms with Crippen LogP contribution in [-0.4, -0.2) is 26.4 Å². The highest BCUT2D eigenvalue weighted by atomic mass is 35.5. The summed E-state index contributed by atoms with van der Waals surface area (Å²) in [4.78, 5) is 26.5. The van der Waals surface area contributed by atoms with Gasteiger partial charge in [-0.3, -0.25) is 14.7 Å². The average molecular weight is 367 g/mol. The molecule has 3 heterocycles. The Hall–Kier alpha value is -2.50. The maximum absolute atomic E-state index is 12.5. The third kappa shape index (κ3) is 3.28. The van der Waals surface area contributed by atoms with Gasteiger partial charge in [0.05, 0.1) is 5.69 Å². The summed E-state index contributed by atoms with van der Waals surface area (Å²) in [6.07, 6.45) is 4.10. The molecule has 1 aromatic carbocycles. The Morgan fingerprint density at radius 1 is 1.27 bits per heavy atom. The normalized spacial score (nSPS) is 14.2. The van der Waals surface area contributed by atoms with Crippen molar-refractivity contribution in [2.45, 2.75) is 26.4 Å². The molecule has 0 atom stereocenters. The smallest absolute Gasteiger partial charge is 0.254 e. The van der Waals surface area contributed by atoms with E-state index >= 15 is 0 Å². The second-order valence-electron chi connectivity index (χ2n) is 6.58. The van der Waals surface area contributed by atoms with E-state index in [1.807, 2.05) is 24.3 Å². The highest BCUT2D eigenvalue weighted by molar-refractivity contribution is 6.31. The van der Waals surface area contributed by atoms with Crippen LogP contribution in [0.25, 0.3) is 11.4 Å². The molecule has 6 heteroatoms. The maximum atomic E-state index is 12.5. The fourth-order valence-corrected chi connectivity index (χ4v) is 3.64. The van der Waals surface area contributed by atoms with Crippen molar-refractivity contribution in [1.29, 1.82) is 0 Å². The average Bonchev–Trinajstić information content (AvgIpc) is 2.65. The van der Waals surface area contributed by atoms with Crippen LogP contribution in [-0.2, 0) is 19.5 Å². The van der Waals surface area contributed by atoms with Crippen molar-refractivity contribution in [3.63, 3.8) is 0 Å². The number of hydrogen-bond acceptors (Lipinski definition) is 4. The van der Waals surface area contributed by atoms with Crippen LogP contribution < -0.4 is 5.56 Å². The van der Waals surface area contributed by atoms with E-state index in [2.05, 4.69) is 27.9 Å². The van der Waals surface area contributed by atoms with E-state index in [1.54, 1.807) is 12.4 Å². The lowest BCUT2D eigenvalue weighted by Gasteiger charge is -2.28. The molecule has 1 N–H and O–H groups in total. The molecule has 2 aromatic heterocycles. The van der Waals surface area contributed by atoms with Crippen molar-refractivity contribution >= 4 is 11.6 Å². The Bertz CT molecular complexity index is 980. The zero-order valence-electron chi connectivity index (χ0n) is 14.5. The van der Waals surface area contributed by atoms with E-state index in [-0.39, 0.29) is 5.56 Å². The molecule has 1 aliphatic rings. The fourth-order valence-electron chi connectivity index (χ4n) is 3.36. The summed E-state index contributed by atoms with van der Waals surface area (Å²) in [5.41, 5.74) is 4.69. The molecule has 0 saturated carbocycles. The standard InChI is InChI=1S/C20H19ClN4O/c1-13-4-2-6-17(21)16(13)11-25-9-7-15-18(12-25)23-19(24-20(15)26)14-5-3-8-22-10-14/h2-6,8,10H,7,9,11-12H2,1H3,(H,23,24,26). The summed E-state index contributed by atoms with van der Waals surface area (Å²) in [6.45, 7) is 4.27. The van der Waals surface area contributed by atoms with Gasteiger partial charge in [0.2, 0.25) is 0 Å². The van der Waals surface area contributed by atoms with Gasteiger partial charge < -0.3 is 4.98 Å².